The summed E-state index contributed by atoms with van der Waals surface area (Å²) in [6.45, 7) is 1.75. The first-order chi connectivity index (χ1) is 11.1. The molecule has 0 spiro atoms. The van der Waals surface area contributed by atoms with Gasteiger partial charge in [0.15, 0.2) is 0 Å². The van der Waals surface area contributed by atoms with Crippen molar-refractivity contribution >= 4 is 5.91 Å². The Morgan fingerprint density at radius 2 is 2.04 bits per heavy atom. The molecule has 23 heavy (non-hydrogen) atoms. The molecule has 1 fully saturated rings. The van der Waals surface area contributed by atoms with E-state index in [0.29, 0.717) is 18.4 Å². The van der Waals surface area contributed by atoms with Gasteiger partial charge in [-0.25, -0.2) is 0 Å². The highest BCUT2D eigenvalue weighted by atomic mass is 16.3. The van der Waals surface area contributed by atoms with Crippen LogP contribution in [-0.2, 0) is 0 Å². The number of carbonyl (C=O) groups is 1. The number of para-hydroxylation sites is 1. The van der Waals surface area contributed by atoms with E-state index < -0.39 is 0 Å². The summed E-state index contributed by atoms with van der Waals surface area (Å²) >= 11 is 0. The first-order valence-corrected chi connectivity index (χ1v) is 7.74. The van der Waals surface area contributed by atoms with Gasteiger partial charge in [-0.05, 0) is 49.4 Å². The highest BCUT2D eigenvalue weighted by molar-refractivity contribution is 5.97. The average molecular weight is 312 g/mol. The van der Waals surface area contributed by atoms with Crippen molar-refractivity contribution in [2.75, 3.05) is 0 Å². The summed E-state index contributed by atoms with van der Waals surface area (Å²) in [6.07, 6.45) is 2.66. The van der Waals surface area contributed by atoms with Gasteiger partial charge in [0, 0.05) is 6.20 Å². The number of hydrogen-bond donors (Lipinski definition) is 3. The van der Waals surface area contributed by atoms with Crippen LogP contribution in [0, 0.1) is 12.8 Å². The van der Waals surface area contributed by atoms with Crippen molar-refractivity contribution < 1.29 is 15.0 Å². The SMILES string of the molecule is Cc1cccc(C(=O)NC(c2ccccn2)C2CC(O)C2)c1O. The smallest absolute Gasteiger partial charge is 0.255 e. The summed E-state index contributed by atoms with van der Waals surface area (Å²) < 4.78 is 0. The van der Waals surface area contributed by atoms with Crippen LogP contribution in [0.25, 0.3) is 0 Å². The zero-order valence-electron chi connectivity index (χ0n) is 12.9. The molecule has 3 rings (SSSR count). The number of aliphatic hydroxyl groups is 1. The fourth-order valence-corrected chi connectivity index (χ4v) is 2.96. The summed E-state index contributed by atoms with van der Waals surface area (Å²) in [6, 6.07) is 10.4. The number of nitrogens with one attached hydrogen (secondary N) is 1. The topological polar surface area (TPSA) is 82.5 Å². The Kier molecular flexibility index (Phi) is 4.30. The van der Waals surface area contributed by atoms with Crippen molar-refractivity contribution in [3.63, 3.8) is 0 Å². The maximum Gasteiger partial charge on any atom is 0.255 e. The van der Waals surface area contributed by atoms with Crippen LogP contribution in [0.2, 0.25) is 0 Å². The van der Waals surface area contributed by atoms with Crippen molar-refractivity contribution in [1.82, 2.24) is 10.3 Å². The fraction of sp³-hybridized carbons (Fsp3) is 0.333. The van der Waals surface area contributed by atoms with Crippen LogP contribution in [-0.4, -0.2) is 27.2 Å². The van der Waals surface area contributed by atoms with E-state index in [4.69, 9.17) is 0 Å². The molecule has 1 aliphatic carbocycles. The molecule has 1 unspecified atom stereocenters. The van der Waals surface area contributed by atoms with Gasteiger partial charge < -0.3 is 15.5 Å². The Morgan fingerprint density at radius 3 is 2.70 bits per heavy atom. The third-order valence-electron chi connectivity index (χ3n) is 4.40. The molecule has 1 aliphatic rings. The van der Waals surface area contributed by atoms with Crippen molar-refractivity contribution in [2.24, 2.45) is 5.92 Å². The van der Waals surface area contributed by atoms with Gasteiger partial charge in [0.1, 0.15) is 5.75 Å². The highest BCUT2D eigenvalue weighted by Gasteiger charge is 2.36. The van der Waals surface area contributed by atoms with Crippen LogP contribution in [0.15, 0.2) is 42.6 Å². The number of aromatic hydroxyl groups is 1. The maximum absolute atomic E-state index is 12.6. The van der Waals surface area contributed by atoms with Crippen LogP contribution in [0.4, 0.5) is 0 Å². The second kappa shape index (κ2) is 6.38. The largest absolute Gasteiger partial charge is 0.507 e. The van der Waals surface area contributed by atoms with E-state index in [1.165, 1.54) is 0 Å². The number of hydrogen-bond acceptors (Lipinski definition) is 4. The number of phenolic OH excluding ortho intramolecular Hbond substituents is 1. The number of phenols is 1. The van der Waals surface area contributed by atoms with Gasteiger partial charge in [-0.15, -0.1) is 0 Å². The first kappa shape index (κ1) is 15.5. The lowest BCUT2D eigenvalue weighted by molar-refractivity contribution is 0.0228. The van der Waals surface area contributed by atoms with Gasteiger partial charge in [-0.2, -0.15) is 0 Å². The molecule has 0 radical (unpaired) electrons. The minimum atomic E-state index is -0.330. The van der Waals surface area contributed by atoms with Gasteiger partial charge in [0.2, 0.25) is 0 Å². The van der Waals surface area contributed by atoms with E-state index >= 15 is 0 Å². The Labute approximate surface area is 135 Å². The van der Waals surface area contributed by atoms with Gasteiger partial charge in [-0.3, -0.25) is 9.78 Å². The lowest BCUT2D eigenvalue weighted by Crippen LogP contribution is -2.41. The van der Waals surface area contributed by atoms with Gasteiger partial charge in [0.25, 0.3) is 5.91 Å². The maximum atomic E-state index is 12.6. The predicted octanol–water partition coefficient (Wildman–Crippen LogP) is 2.34. The molecule has 3 N–H and O–H groups in total. The van der Waals surface area contributed by atoms with Crippen molar-refractivity contribution in [1.29, 1.82) is 0 Å². The molecule has 1 saturated carbocycles. The molecule has 5 heteroatoms. The Balaban J connectivity index is 1.84. The quantitative estimate of drug-likeness (QED) is 0.809. The molecule has 1 atom stereocenters. The molecule has 1 heterocycles. The summed E-state index contributed by atoms with van der Waals surface area (Å²) in [5.41, 5.74) is 1.68. The third kappa shape index (κ3) is 3.19. The molecule has 0 aliphatic heterocycles. The number of amides is 1. The number of aryl methyl sites for hydroxylation is 1. The van der Waals surface area contributed by atoms with Crippen LogP contribution < -0.4 is 5.32 Å². The minimum Gasteiger partial charge on any atom is -0.507 e. The van der Waals surface area contributed by atoms with E-state index in [-0.39, 0.29) is 35.3 Å². The number of benzene rings is 1. The molecule has 2 aromatic rings. The minimum absolute atomic E-state index is 0.00147. The number of carbonyl (C=O) groups excluding carboxylic acids is 1. The number of aliphatic hydroxyl groups excluding tert-OH is 1. The molecule has 1 amide bonds. The van der Waals surface area contributed by atoms with Gasteiger partial charge in [0.05, 0.1) is 23.4 Å². The van der Waals surface area contributed by atoms with E-state index in [2.05, 4.69) is 10.3 Å². The van der Waals surface area contributed by atoms with Crippen molar-refractivity contribution in [3.8, 4) is 5.75 Å². The lowest BCUT2D eigenvalue weighted by atomic mass is 9.76. The molecular formula is C18H20N2O3. The van der Waals surface area contributed by atoms with Crippen LogP contribution >= 0.6 is 0 Å². The van der Waals surface area contributed by atoms with Crippen molar-refractivity contribution in [2.45, 2.75) is 31.9 Å². The molecular weight excluding hydrogens is 292 g/mol. The second-order valence-corrected chi connectivity index (χ2v) is 6.06. The molecule has 5 nitrogen and oxygen atoms in total. The van der Waals surface area contributed by atoms with E-state index in [1.54, 1.807) is 31.3 Å². The summed E-state index contributed by atoms with van der Waals surface area (Å²) in [7, 11) is 0. The number of nitrogens with zero attached hydrogens (tertiary/aromatic N) is 1. The Morgan fingerprint density at radius 1 is 1.26 bits per heavy atom. The van der Waals surface area contributed by atoms with E-state index in [9.17, 15) is 15.0 Å². The number of pyridine rings is 1. The standard InChI is InChI=1S/C18H20N2O3/c1-11-5-4-6-14(17(11)22)18(23)20-16(12-9-13(21)10-12)15-7-2-3-8-19-15/h2-8,12-13,16,21-22H,9-10H2,1H3,(H,20,23). The monoisotopic (exact) mass is 312 g/mol. The Hall–Kier alpha value is -2.40. The fourth-order valence-electron chi connectivity index (χ4n) is 2.96. The van der Waals surface area contributed by atoms with Crippen LogP contribution in [0.1, 0.15) is 40.5 Å². The highest BCUT2D eigenvalue weighted by Crippen LogP contribution is 2.37. The van der Waals surface area contributed by atoms with Gasteiger partial charge in [-0.1, -0.05) is 18.2 Å². The van der Waals surface area contributed by atoms with Gasteiger partial charge >= 0.3 is 0 Å². The molecule has 1 aromatic carbocycles. The van der Waals surface area contributed by atoms with Crippen molar-refractivity contribution in [3.05, 3.63) is 59.4 Å². The predicted molar refractivity (Wildman–Crippen MR) is 86.0 cm³/mol. The number of aromatic nitrogens is 1. The van der Waals surface area contributed by atoms with E-state index in [1.807, 2.05) is 18.2 Å². The summed E-state index contributed by atoms with van der Waals surface area (Å²) in [5, 5.41) is 22.6. The molecule has 0 bridgehead atoms. The third-order valence-corrected chi connectivity index (χ3v) is 4.40. The first-order valence-electron chi connectivity index (χ1n) is 7.74. The number of rotatable bonds is 4. The second-order valence-electron chi connectivity index (χ2n) is 6.06. The summed E-state index contributed by atoms with van der Waals surface area (Å²) in [4.78, 5) is 16.9. The van der Waals surface area contributed by atoms with Crippen LogP contribution in [0.5, 0.6) is 5.75 Å². The molecule has 0 saturated heterocycles. The Bertz CT molecular complexity index is 697. The lowest BCUT2D eigenvalue weighted by Gasteiger charge is -2.37. The zero-order chi connectivity index (χ0) is 16.4. The summed E-state index contributed by atoms with van der Waals surface area (Å²) in [5.74, 6) is -0.183. The zero-order valence-corrected chi connectivity index (χ0v) is 12.9. The normalized spacial score (nSPS) is 21.3. The van der Waals surface area contributed by atoms with Crippen LogP contribution in [0.3, 0.4) is 0 Å². The average Bonchev–Trinajstić information content (AvgIpc) is 2.53. The molecule has 1 aromatic heterocycles. The van der Waals surface area contributed by atoms with E-state index in [0.717, 1.165) is 5.69 Å². The molecule has 120 valence electrons.